The molecule has 0 aromatic heterocycles. The zero-order valence-corrected chi connectivity index (χ0v) is 11.2. The van der Waals surface area contributed by atoms with Gasteiger partial charge in [-0.2, -0.15) is 0 Å². The molecule has 5 heteroatoms. The van der Waals surface area contributed by atoms with Crippen LogP contribution >= 0.6 is 23.2 Å². The molecule has 0 heterocycles. The lowest BCUT2D eigenvalue weighted by atomic mass is 10.0. The van der Waals surface area contributed by atoms with Crippen LogP contribution in [0.2, 0.25) is 10.0 Å². The minimum Gasteiger partial charge on any atom is -0.396 e. The molecule has 0 saturated heterocycles. The van der Waals surface area contributed by atoms with Crippen molar-refractivity contribution in [2.24, 2.45) is 5.92 Å². The van der Waals surface area contributed by atoms with Gasteiger partial charge in [0.1, 0.15) is 0 Å². The van der Waals surface area contributed by atoms with Crippen LogP contribution in [0.3, 0.4) is 0 Å². The summed E-state index contributed by atoms with van der Waals surface area (Å²) in [6.45, 7) is 3.70. The molecule has 2 atom stereocenters. The summed E-state index contributed by atoms with van der Waals surface area (Å²) >= 11 is 11.8. The van der Waals surface area contributed by atoms with Crippen molar-refractivity contribution < 1.29 is 9.90 Å². The molecule has 1 aromatic rings. The molecule has 3 nitrogen and oxygen atoms in total. The average molecular weight is 276 g/mol. The minimum absolute atomic E-state index is 0.0168. The normalized spacial score (nSPS) is 14.2. The molecule has 1 rings (SSSR count). The van der Waals surface area contributed by atoms with Crippen molar-refractivity contribution in [2.45, 2.75) is 19.9 Å². The number of hydrogen-bond donors (Lipinski definition) is 2. The van der Waals surface area contributed by atoms with Crippen LogP contribution in [0.1, 0.15) is 24.2 Å². The van der Waals surface area contributed by atoms with Crippen LogP contribution in [0, 0.1) is 5.92 Å². The lowest BCUT2D eigenvalue weighted by Crippen LogP contribution is -2.38. The smallest absolute Gasteiger partial charge is 0.253 e. The van der Waals surface area contributed by atoms with Gasteiger partial charge in [0, 0.05) is 12.6 Å². The fourth-order valence-corrected chi connectivity index (χ4v) is 1.65. The topological polar surface area (TPSA) is 49.3 Å². The molecule has 0 bridgehead atoms. The number of hydrogen-bond acceptors (Lipinski definition) is 2. The maximum Gasteiger partial charge on any atom is 0.253 e. The van der Waals surface area contributed by atoms with Crippen LogP contribution in [0.4, 0.5) is 0 Å². The minimum atomic E-state index is -0.287. The van der Waals surface area contributed by atoms with E-state index in [2.05, 4.69) is 5.32 Å². The lowest BCUT2D eigenvalue weighted by Gasteiger charge is -2.19. The number of carbonyl (C=O) groups excluding carboxylic acids is 1. The first-order valence-corrected chi connectivity index (χ1v) is 6.08. The van der Waals surface area contributed by atoms with Crippen molar-refractivity contribution in [1.29, 1.82) is 0 Å². The van der Waals surface area contributed by atoms with E-state index in [1.54, 1.807) is 18.2 Å². The van der Waals surface area contributed by atoms with E-state index in [9.17, 15) is 4.79 Å². The summed E-state index contributed by atoms with van der Waals surface area (Å²) in [7, 11) is 0. The third kappa shape index (κ3) is 3.60. The zero-order chi connectivity index (χ0) is 13.0. The van der Waals surface area contributed by atoms with Crippen molar-refractivity contribution in [1.82, 2.24) is 5.32 Å². The molecule has 0 aliphatic heterocycles. The van der Waals surface area contributed by atoms with Crippen molar-refractivity contribution >= 4 is 29.1 Å². The Bertz CT molecular complexity index is 409. The third-order valence-corrected chi connectivity index (χ3v) is 3.52. The number of benzene rings is 1. The first-order chi connectivity index (χ1) is 7.97. The SMILES string of the molecule is CC(CO)C(C)NC(=O)c1cccc(Cl)c1Cl. The van der Waals surface area contributed by atoms with E-state index in [0.717, 1.165) is 0 Å². The van der Waals surface area contributed by atoms with Crippen molar-refractivity contribution in [2.75, 3.05) is 6.61 Å². The number of amides is 1. The van der Waals surface area contributed by atoms with Crippen LogP contribution in [-0.4, -0.2) is 23.7 Å². The molecule has 2 unspecified atom stereocenters. The maximum atomic E-state index is 11.9. The van der Waals surface area contributed by atoms with E-state index in [1.165, 1.54) is 0 Å². The Hall–Kier alpha value is -0.770. The number of rotatable bonds is 4. The van der Waals surface area contributed by atoms with Crippen LogP contribution < -0.4 is 5.32 Å². The second kappa shape index (κ2) is 6.24. The van der Waals surface area contributed by atoms with Gasteiger partial charge in [-0.1, -0.05) is 36.2 Å². The van der Waals surface area contributed by atoms with Crippen molar-refractivity contribution in [3.05, 3.63) is 33.8 Å². The van der Waals surface area contributed by atoms with Crippen LogP contribution in [0.5, 0.6) is 0 Å². The van der Waals surface area contributed by atoms with Gasteiger partial charge in [0.05, 0.1) is 15.6 Å². The molecule has 94 valence electrons. The summed E-state index contributed by atoms with van der Waals surface area (Å²) in [6, 6.07) is 4.77. The van der Waals surface area contributed by atoms with E-state index < -0.39 is 0 Å². The van der Waals surface area contributed by atoms with E-state index >= 15 is 0 Å². The van der Waals surface area contributed by atoms with Crippen LogP contribution in [0.25, 0.3) is 0 Å². The fraction of sp³-hybridized carbons (Fsp3) is 0.417. The van der Waals surface area contributed by atoms with Crippen molar-refractivity contribution in [3.8, 4) is 0 Å². The van der Waals surface area contributed by atoms with Gasteiger partial charge in [0.25, 0.3) is 5.91 Å². The second-order valence-electron chi connectivity index (χ2n) is 4.02. The summed E-state index contributed by atoms with van der Waals surface area (Å²) in [5.41, 5.74) is 0.344. The predicted molar refractivity (Wildman–Crippen MR) is 69.6 cm³/mol. The van der Waals surface area contributed by atoms with Gasteiger partial charge in [-0.05, 0) is 25.0 Å². The molecular weight excluding hydrogens is 261 g/mol. The van der Waals surface area contributed by atoms with Crippen molar-refractivity contribution in [3.63, 3.8) is 0 Å². The van der Waals surface area contributed by atoms with Gasteiger partial charge >= 0.3 is 0 Å². The standard InChI is InChI=1S/C12H15Cl2NO2/c1-7(6-16)8(2)15-12(17)9-4-3-5-10(13)11(9)14/h3-5,7-8,16H,6H2,1-2H3,(H,15,17). The highest BCUT2D eigenvalue weighted by Crippen LogP contribution is 2.25. The Labute approximate surface area is 111 Å². The van der Waals surface area contributed by atoms with E-state index in [-0.39, 0.29) is 29.5 Å². The summed E-state index contributed by atoms with van der Waals surface area (Å²) < 4.78 is 0. The molecule has 0 aliphatic rings. The molecule has 0 radical (unpaired) electrons. The summed E-state index contributed by atoms with van der Waals surface area (Å²) in [5, 5.41) is 12.4. The molecule has 1 amide bonds. The van der Waals surface area contributed by atoms with Gasteiger partial charge in [-0.25, -0.2) is 0 Å². The third-order valence-electron chi connectivity index (χ3n) is 2.70. The average Bonchev–Trinajstić information content (AvgIpc) is 2.31. The first-order valence-electron chi connectivity index (χ1n) is 5.33. The molecule has 17 heavy (non-hydrogen) atoms. The van der Waals surface area contributed by atoms with E-state index in [1.807, 2.05) is 13.8 Å². The molecule has 0 aliphatic carbocycles. The predicted octanol–water partition coefficient (Wildman–Crippen LogP) is 2.74. The highest BCUT2D eigenvalue weighted by Gasteiger charge is 2.17. The van der Waals surface area contributed by atoms with Crippen LogP contribution in [-0.2, 0) is 0 Å². The quantitative estimate of drug-likeness (QED) is 0.888. The highest BCUT2D eigenvalue weighted by atomic mass is 35.5. The van der Waals surface area contributed by atoms with E-state index in [0.29, 0.717) is 10.6 Å². The number of aliphatic hydroxyl groups is 1. The number of nitrogens with one attached hydrogen (secondary N) is 1. The summed E-state index contributed by atoms with van der Waals surface area (Å²) in [4.78, 5) is 11.9. The summed E-state index contributed by atoms with van der Waals surface area (Å²) in [5.74, 6) is -0.304. The number of halogens is 2. The first kappa shape index (κ1) is 14.3. The van der Waals surface area contributed by atoms with Gasteiger partial charge in [0.15, 0.2) is 0 Å². The number of aliphatic hydroxyl groups excluding tert-OH is 1. The van der Waals surface area contributed by atoms with Gasteiger partial charge < -0.3 is 10.4 Å². The Kier molecular flexibility index (Phi) is 5.25. The van der Waals surface area contributed by atoms with E-state index in [4.69, 9.17) is 28.3 Å². The Morgan fingerprint density at radius 2 is 2.06 bits per heavy atom. The zero-order valence-electron chi connectivity index (χ0n) is 9.71. The van der Waals surface area contributed by atoms with Gasteiger partial charge in [-0.15, -0.1) is 0 Å². The van der Waals surface area contributed by atoms with Gasteiger partial charge in [0.2, 0.25) is 0 Å². The largest absolute Gasteiger partial charge is 0.396 e. The Balaban J connectivity index is 2.80. The molecule has 0 saturated carbocycles. The highest BCUT2D eigenvalue weighted by molar-refractivity contribution is 6.43. The molecule has 1 aromatic carbocycles. The Morgan fingerprint density at radius 3 is 2.65 bits per heavy atom. The number of carbonyl (C=O) groups is 1. The van der Waals surface area contributed by atoms with Gasteiger partial charge in [-0.3, -0.25) is 4.79 Å². The lowest BCUT2D eigenvalue weighted by molar-refractivity contribution is 0.0916. The molecule has 2 N–H and O–H groups in total. The molecule has 0 fully saturated rings. The monoisotopic (exact) mass is 275 g/mol. The molecular formula is C12H15Cl2NO2. The Morgan fingerprint density at radius 1 is 1.41 bits per heavy atom. The molecule has 0 spiro atoms. The fourth-order valence-electron chi connectivity index (χ4n) is 1.26. The second-order valence-corrected chi connectivity index (χ2v) is 4.81. The van der Waals surface area contributed by atoms with Crippen LogP contribution in [0.15, 0.2) is 18.2 Å². The maximum absolute atomic E-state index is 11.9. The summed E-state index contributed by atoms with van der Waals surface area (Å²) in [6.07, 6.45) is 0.